The van der Waals surface area contributed by atoms with Gasteiger partial charge in [0.1, 0.15) is 5.58 Å². The fourth-order valence-corrected chi connectivity index (χ4v) is 4.40. The average Bonchev–Trinajstić information content (AvgIpc) is 2.65. The van der Waals surface area contributed by atoms with E-state index in [0.29, 0.717) is 33.9 Å². The molecule has 0 fully saturated rings. The van der Waals surface area contributed by atoms with Crippen LogP contribution in [0.2, 0.25) is 0 Å². The SMILES string of the molecule is CCn1c(SCc2cc(=O)oc3cc(Br)ccc23)nc2ccccc2c1=O. The van der Waals surface area contributed by atoms with E-state index >= 15 is 0 Å². The smallest absolute Gasteiger partial charge is 0.336 e. The zero-order chi connectivity index (χ0) is 19.0. The first-order valence-corrected chi connectivity index (χ1v) is 10.2. The van der Waals surface area contributed by atoms with Crippen LogP contribution in [0.5, 0.6) is 0 Å². The number of benzene rings is 2. The van der Waals surface area contributed by atoms with Crippen molar-refractivity contribution in [2.75, 3.05) is 0 Å². The second-order valence-electron chi connectivity index (χ2n) is 5.98. The van der Waals surface area contributed by atoms with Crippen LogP contribution in [-0.2, 0) is 12.3 Å². The molecule has 0 saturated carbocycles. The number of halogens is 1. The van der Waals surface area contributed by atoms with Crippen LogP contribution in [0.15, 0.2) is 72.2 Å². The standard InChI is InChI=1S/C20H15BrN2O3S/c1-2-23-19(25)15-5-3-4-6-16(15)22-20(23)27-11-12-9-18(24)26-17-10-13(21)7-8-14(12)17/h3-10H,2,11H2,1H3. The Bertz CT molecular complexity index is 1280. The fraction of sp³-hybridized carbons (Fsp3) is 0.150. The Labute approximate surface area is 167 Å². The molecule has 5 nitrogen and oxygen atoms in total. The first-order valence-electron chi connectivity index (χ1n) is 8.41. The number of hydrogen-bond donors (Lipinski definition) is 0. The van der Waals surface area contributed by atoms with Crippen LogP contribution in [0.3, 0.4) is 0 Å². The van der Waals surface area contributed by atoms with E-state index in [1.54, 1.807) is 16.7 Å². The van der Waals surface area contributed by atoms with Gasteiger partial charge in [-0.05, 0) is 42.8 Å². The third-order valence-electron chi connectivity index (χ3n) is 4.29. The molecule has 4 rings (SSSR count). The lowest BCUT2D eigenvalue weighted by molar-refractivity contribution is 0.559. The van der Waals surface area contributed by atoms with Crippen LogP contribution in [0.4, 0.5) is 0 Å². The fourth-order valence-electron chi connectivity index (χ4n) is 3.00. The topological polar surface area (TPSA) is 65.1 Å². The Hall–Kier alpha value is -2.38. The lowest BCUT2D eigenvalue weighted by Crippen LogP contribution is -2.22. The molecule has 27 heavy (non-hydrogen) atoms. The van der Waals surface area contributed by atoms with Crippen molar-refractivity contribution < 1.29 is 4.42 Å². The molecule has 0 N–H and O–H groups in total. The number of hydrogen-bond acceptors (Lipinski definition) is 5. The largest absolute Gasteiger partial charge is 0.423 e. The van der Waals surface area contributed by atoms with E-state index in [9.17, 15) is 9.59 Å². The van der Waals surface area contributed by atoms with Gasteiger partial charge >= 0.3 is 5.63 Å². The summed E-state index contributed by atoms with van der Waals surface area (Å²) in [6.45, 7) is 2.45. The van der Waals surface area contributed by atoms with Crippen molar-refractivity contribution in [1.82, 2.24) is 9.55 Å². The van der Waals surface area contributed by atoms with Crippen molar-refractivity contribution in [3.05, 3.63) is 79.3 Å². The molecule has 0 saturated heterocycles. The molecule has 0 atom stereocenters. The Balaban J connectivity index is 1.77. The molecule has 0 bridgehead atoms. The molecule has 2 heterocycles. The van der Waals surface area contributed by atoms with Gasteiger partial charge in [-0.3, -0.25) is 9.36 Å². The van der Waals surface area contributed by atoms with Gasteiger partial charge in [-0.2, -0.15) is 0 Å². The normalized spacial score (nSPS) is 11.3. The highest BCUT2D eigenvalue weighted by molar-refractivity contribution is 9.10. The predicted octanol–water partition coefficient (Wildman–Crippen LogP) is 4.58. The number of nitrogens with zero attached hydrogens (tertiary/aromatic N) is 2. The summed E-state index contributed by atoms with van der Waals surface area (Å²) < 4.78 is 7.80. The van der Waals surface area contributed by atoms with Crippen molar-refractivity contribution in [2.45, 2.75) is 24.4 Å². The summed E-state index contributed by atoms with van der Waals surface area (Å²) in [6.07, 6.45) is 0. The maximum absolute atomic E-state index is 12.7. The molecule has 0 spiro atoms. The molecule has 4 aromatic rings. The molecule has 136 valence electrons. The van der Waals surface area contributed by atoms with Gasteiger partial charge in [0.25, 0.3) is 5.56 Å². The molecule has 0 aliphatic rings. The van der Waals surface area contributed by atoms with E-state index in [4.69, 9.17) is 4.42 Å². The molecule has 7 heteroatoms. The minimum absolute atomic E-state index is 0.0491. The highest BCUT2D eigenvalue weighted by Gasteiger charge is 2.12. The van der Waals surface area contributed by atoms with Gasteiger partial charge in [0.05, 0.1) is 10.9 Å². The highest BCUT2D eigenvalue weighted by atomic mass is 79.9. The van der Waals surface area contributed by atoms with Crippen molar-refractivity contribution in [3.8, 4) is 0 Å². The third-order valence-corrected chi connectivity index (χ3v) is 5.81. The Morgan fingerprint density at radius 2 is 1.93 bits per heavy atom. The summed E-state index contributed by atoms with van der Waals surface area (Å²) in [4.78, 5) is 29.3. The summed E-state index contributed by atoms with van der Waals surface area (Å²) in [7, 11) is 0. The Morgan fingerprint density at radius 3 is 2.74 bits per heavy atom. The van der Waals surface area contributed by atoms with Crippen molar-refractivity contribution in [1.29, 1.82) is 0 Å². The summed E-state index contributed by atoms with van der Waals surface area (Å²) in [6, 6.07) is 14.4. The van der Waals surface area contributed by atoms with E-state index in [-0.39, 0.29) is 5.56 Å². The van der Waals surface area contributed by atoms with Crippen LogP contribution < -0.4 is 11.2 Å². The van der Waals surface area contributed by atoms with Gasteiger partial charge in [-0.15, -0.1) is 0 Å². The van der Waals surface area contributed by atoms with Gasteiger partial charge in [-0.25, -0.2) is 9.78 Å². The number of thioether (sulfide) groups is 1. The van der Waals surface area contributed by atoms with E-state index in [2.05, 4.69) is 20.9 Å². The summed E-state index contributed by atoms with van der Waals surface area (Å²) in [5.74, 6) is 0.508. The van der Waals surface area contributed by atoms with Gasteiger partial charge in [0, 0.05) is 28.2 Å². The molecule has 0 unspecified atom stereocenters. The molecule has 0 aliphatic carbocycles. The first kappa shape index (κ1) is 18.0. The van der Waals surface area contributed by atoms with Gasteiger partial charge in [0.15, 0.2) is 5.16 Å². The van der Waals surface area contributed by atoms with Crippen molar-refractivity contribution in [2.24, 2.45) is 0 Å². The first-order chi connectivity index (χ1) is 13.1. The molecule has 0 aliphatic heterocycles. The zero-order valence-electron chi connectivity index (χ0n) is 14.4. The van der Waals surface area contributed by atoms with Crippen LogP contribution in [0.25, 0.3) is 21.9 Å². The molecule has 0 amide bonds. The number of para-hydroxylation sites is 1. The van der Waals surface area contributed by atoms with E-state index in [1.807, 2.05) is 37.3 Å². The second-order valence-corrected chi connectivity index (χ2v) is 7.84. The zero-order valence-corrected chi connectivity index (χ0v) is 16.8. The van der Waals surface area contributed by atoms with Gasteiger partial charge < -0.3 is 4.42 Å². The highest BCUT2D eigenvalue weighted by Crippen LogP contribution is 2.27. The lowest BCUT2D eigenvalue weighted by atomic mass is 10.1. The van der Waals surface area contributed by atoms with Crippen molar-refractivity contribution in [3.63, 3.8) is 0 Å². The summed E-state index contributed by atoms with van der Waals surface area (Å²) >= 11 is 4.83. The molecular formula is C20H15BrN2O3S. The third kappa shape index (κ3) is 3.44. The van der Waals surface area contributed by atoms with E-state index in [1.165, 1.54) is 17.8 Å². The maximum Gasteiger partial charge on any atom is 0.336 e. The lowest BCUT2D eigenvalue weighted by Gasteiger charge is -2.11. The predicted molar refractivity (Wildman–Crippen MR) is 111 cm³/mol. The quantitative estimate of drug-likeness (QED) is 0.263. The summed E-state index contributed by atoms with van der Waals surface area (Å²) in [5, 5.41) is 2.12. The number of rotatable bonds is 4. The molecule has 2 aromatic carbocycles. The average molecular weight is 443 g/mol. The van der Waals surface area contributed by atoms with Gasteiger partial charge in [0.2, 0.25) is 0 Å². The molecule has 0 radical (unpaired) electrons. The summed E-state index contributed by atoms with van der Waals surface area (Å²) in [5.41, 5.74) is 1.62. The molecule has 2 aromatic heterocycles. The minimum Gasteiger partial charge on any atom is -0.423 e. The Kier molecular flexibility index (Phi) is 4.88. The van der Waals surface area contributed by atoms with Crippen LogP contribution >= 0.6 is 27.7 Å². The minimum atomic E-state index is -0.393. The van der Waals surface area contributed by atoms with Crippen LogP contribution in [0.1, 0.15) is 12.5 Å². The van der Waals surface area contributed by atoms with Crippen LogP contribution in [-0.4, -0.2) is 9.55 Å². The molecular weight excluding hydrogens is 428 g/mol. The van der Waals surface area contributed by atoms with Crippen molar-refractivity contribution >= 4 is 49.6 Å². The number of aromatic nitrogens is 2. The second kappa shape index (κ2) is 7.32. The maximum atomic E-state index is 12.7. The van der Waals surface area contributed by atoms with E-state index < -0.39 is 5.63 Å². The van der Waals surface area contributed by atoms with E-state index in [0.717, 1.165) is 15.4 Å². The number of fused-ring (bicyclic) bond motifs is 2. The van der Waals surface area contributed by atoms with Crippen LogP contribution in [0, 0.1) is 0 Å². The van der Waals surface area contributed by atoms with Gasteiger partial charge in [-0.1, -0.05) is 39.8 Å². The Morgan fingerprint density at radius 1 is 1.11 bits per heavy atom. The monoisotopic (exact) mass is 442 g/mol.